The fourth-order valence-electron chi connectivity index (χ4n) is 2.27. The number of nitrogens with two attached hydrogens (primary N) is 2. The first kappa shape index (κ1) is 29.5. The van der Waals surface area contributed by atoms with Crippen molar-refractivity contribution in [2.45, 2.75) is 65.4 Å². The fourth-order valence-corrected chi connectivity index (χ4v) is 2.27. The molecular weight excluding hydrogens is 376 g/mol. The smallest absolute Gasteiger partial charge is 0.244 e. The number of ether oxygens (including phenoxy) is 1. The van der Waals surface area contributed by atoms with Crippen LogP contribution in [0.5, 0.6) is 0 Å². The molecule has 0 aromatic heterocycles. The Morgan fingerprint density at radius 2 is 1.21 bits per heavy atom. The minimum atomic E-state index is -0.922. The van der Waals surface area contributed by atoms with Crippen LogP contribution in [-0.2, 0) is 14.3 Å². The molecule has 1 unspecified atom stereocenters. The highest BCUT2D eigenvalue weighted by atomic mass is 16.5. The van der Waals surface area contributed by atoms with Crippen LogP contribution < -0.4 is 11.5 Å². The number of primary amides is 2. The molecule has 0 heterocycles. The van der Waals surface area contributed by atoms with Crippen molar-refractivity contribution >= 4 is 11.8 Å². The summed E-state index contributed by atoms with van der Waals surface area (Å²) in [6.45, 7) is 4.32. The first-order chi connectivity index (χ1) is 13.6. The van der Waals surface area contributed by atoms with E-state index in [1.165, 1.54) is 7.11 Å². The van der Waals surface area contributed by atoms with Crippen molar-refractivity contribution in [1.29, 1.82) is 0 Å². The van der Waals surface area contributed by atoms with Crippen molar-refractivity contribution in [3.05, 3.63) is 23.3 Å². The molecule has 8 nitrogen and oxygen atoms in total. The van der Waals surface area contributed by atoms with E-state index in [9.17, 15) is 9.59 Å². The monoisotopic (exact) mass is 416 g/mol. The SMILES string of the molecule is CC(=CCCCCCCC=C(C)C(N)=O)C(N)=O.COC(C)C(CO)(CO)CO. The largest absolute Gasteiger partial charge is 0.396 e. The fraction of sp³-hybridized carbons (Fsp3) is 0.714. The Balaban J connectivity index is 0. The van der Waals surface area contributed by atoms with Crippen LogP contribution in [0.3, 0.4) is 0 Å². The Morgan fingerprint density at radius 3 is 1.41 bits per heavy atom. The maximum atomic E-state index is 10.7. The van der Waals surface area contributed by atoms with Crippen LogP contribution in [0.15, 0.2) is 23.3 Å². The summed E-state index contributed by atoms with van der Waals surface area (Å²) in [7, 11) is 1.47. The molecule has 8 heteroatoms. The number of allylic oxidation sites excluding steroid dienone is 2. The molecule has 0 saturated heterocycles. The number of unbranched alkanes of at least 4 members (excludes halogenated alkanes) is 5. The van der Waals surface area contributed by atoms with Gasteiger partial charge in [-0.15, -0.1) is 0 Å². The summed E-state index contributed by atoms with van der Waals surface area (Å²) in [5, 5.41) is 26.6. The summed E-state index contributed by atoms with van der Waals surface area (Å²) in [4.78, 5) is 21.5. The van der Waals surface area contributed by atoms with Gasteiger partial charge in [-0.2, -0.15) is 0 Å². The normalized spacial score (nSPS) is 13.5. The van der Waals surface area contributed by atoms with E-state index in [1.807, 2.05) is 12.2 Å². The van der Waals surface area contributed by atoms with Gasteiger partial charge in [0, 0.05) is 18.3 Å². The van der Waals surface area contributed by atoms with Crippen LogP contribution in [0.4, 0.5) is 0 Å². The summed E-state index contributed by atoms with van der Waals surface area (Å²) in [5.74, 6) is -0.691. The Morgan fingerprint density at radius 1 is 0.862 bits per heavy atom. The molecule has 0 aliphatic heterocycles. The molecule has 29 heavy (non-hydrogen) atoms. The molecule has 2 amide bonds. The van der Waals surface area contributed by atoms with E-state index in [0.29, 0.717) is 11.1 Å². The topological polar surface area (TPSA) is 156 Å². The number of hydrogen-bond acceptors (Lipinski definition) is 6. The number of methoxy groups -OCH3 is 1. The molecule has 0 aromatic rings. The van der Waals surface area contributed by atoms with E-state index >= 15 is 0 Å². The zero-order valence-corrected chi connectivity index (χ0v) is 18.3. The number of hydrogen-bond donors (Lipinski definition) is 5. The second-order valence-corrected chi connectivity index (χ2v) is 7.21. The highest BCUT2D eigenvalue weighted by Gasteiger charge is 2.34. The first-order valence-corrected chi connectivity index (χ1v) is 9.90. The Kier molecular flexibility index (Phi) is 17.4. The van der Waals surface area contributed by atoms with E-state index in [2.05, 4.69) is 0 Å². The van der Waals surface area contributed by atoms with E-state index in [4.69, 9.17) is 31.5 Å². The lowest BCUT2D eigenvalue weighted by Gasteiger charge is -2.32. The number of aliphatic hydroxyl groups is 3. The molecule has 0 fully saturated rings. The van der Waals surface area contributed by atoms with Crippen LogP contribution in [0.25, 0.3) is 0 Å². The van der Waals surface area contributed by atoms with Gasteiger partial charge in [-0.1, -0.05) is 25.0 Å². The molecule has 170 valence electrons. The molecule has 0 radical (unpaired) electrons. The van der Waals surface area contributed by atoms with Gasteiger partial charge in [0.2, 0.25) is 11.8 Å². The zero-order chi connectivity index (χ0) is 22.9. The number of amides is 2. The highest BCUT2D eigenvalue weighted by Crippen LogP contribution is 2.21. The van der Waals surface area contributed by atoms with Crippen molar-refractivity contribution in [3.63, 3.8) is 0 Å². The van der Waals surface area contributed by atoms with Crippen molar-refractivity contribution in [3.8, 4) is 0 Å². The van der Waals surface area contributed by atoms with Crippen LogP contribution in [-0.4, -0.2) is 60.2 Å². The van der Waals surface area contributed by atoms with E-state index < -0.39 is 5.41 Å². The van der Waals surface area contributed by atoms with Gasteiger partial charge >= 0.3 is 0 Å². The molecule has 0 rings (SSSR count). The lowest BCUT2D eigenvalue weighted by Crippen LogP contribution is -2.44. The summed E-state index contributed by atoms with van der Waals surface area (Å²) in [6.07, 6.45) is 9.56. The third kappa shape index (κ3) is 13.2. The van der Waals surface area contributed by atoms with Crippen molar-refractivity contribution in [2.75, 3.05) is 26.9 Å². The Labute approximate surface area is 174 Å². The highest BCUT2D eigenvalue weighted by molar-refractivity contribution is 5.91. The van der Waals surface area contributed by atoms with Gasteiger partial charge in [0.1, 0.15) is 0 Å². The molecule has 1 atom stereocenters. The van der Waals surface area contributed by atoms with Crippen molar-refractivity contribution in [2.24, 2.45) is 16.9 Å². The van der Waals surface area contributed by atoms with Crippen molar-refractivity contribution < 1.29 is 29.6 Å². The van der Waals surface area contributed by atoms with Gasteiger partial charge in [0.05, 0.1) is 31.3 Å². The van der Waals surface area contributed by atoms with Crippen LogP contribution in [0, 0.1) is 5.41 Å². The zero-order valence-electron chi connectivity index (χ0n) is 18.3. The second kappa shape index (κ2) is 17.1. The number of carbonyl (C=O) groups is 2. The lowest BCUT2D eigenvalue weighted by atomic mass is 9.85. The average molecular weight is 417 g/mol. The van der Waals surface area contributed by atoms with Crippen LogP contribution in [0.2, 0.25) is 0 Å². The van der Waals surface area contributed by atoms with Gasteiger partial charge < -0.3 is 31.5 Å². The molecule has 0 aromatic carbocycles. The predicted molar refractivity (Wildman–Crippen MR) is 114 cm³/mol. The van der Waals surface area contributed by atoms with Crippen LogP contribution in [0.1, 0.15) is 59.3 Å². The van der Waals surface area contributed by atoms with Gasteiger partial charge in [0.25, 0.3) is 0 Å². The van der Waals surface area contributed by atoms with Gasteiger partial charge in [-0.25, -0.2) is 0 Å². The van der Waals surface area contributed by atoms with E-state index in [0.717, 1.165) is 38.5 Å². The third-order valence-corrected chi connectivity index (χ3v) is 5.00. The Bertz CT molecular complexity index is 485. The van der Waals surface area contributed by atoms with Crippen molar-refractivity contribution in [1.82, 2.24) is 0 Å². The molecule has 0 aliphatic carbocycles. The molecular formula is C21H40N2O6. The molecule has 0 spiro atoms. The molecule has 0 saturated carbocycles. The maximum Gasteiger partial charge on any atom is 0.244 e. The van der Waals surface area contributed by atoms with Gasteiger partial charge in [-0.3, -0.25) is 9.59 Å². The minimum absolute atomic E-state index is 0.283. The van der Waals surface area contributed by atoms with Gasteiger partial charge in [-0.05, 0) is 46.5 Å². The lowest BCUT2D eigenvalue weighted by molar-refractivity contribution is -0.115. The third-order valence-electron chi connectivity index (χ3n) is 5.00. The van der Waals surface area contributed by atoms with E-state index in [-0.39, 0.29) is 37.7 Å². The first-order valence-electron chi connectivity index (χ1n) is 9.90. The minimum Gasteiger partial charge on any atom is -0.396 e. The molecule has 0 aliphatic rings. The quantitative estimate of drug-likeness (QED) is 0.211. The molecule has 7 N–H and O–H groups in total. The summed E-state index contributed by atoms with van der Waals surface area (Å²) in [6, 6.07) is 0. The average Bonchev–Trinajstić information content (AvgIpc) is 2.71. The predicted octanol–water partition coefficient (Wildman–Crippen LogP) is 1.17. The number of aliphatic hydroxyl groups excluding tert-OH is 3. The Hall–Kier alpha value is -1.74. The molecule has 0 bridgehead atoms. The number of carbonyl (C=O) groups excluding carboxylic acids is 2. The van der Waals surface area contributed by atoms with Crippen LogP contribution >= 0.6 is 0 Å². The standard InChI is InChI=1S/C14H24N2O2.C7H16O4/c1-11(13(15)17)9-7-5-3-4-6-8-10-12(2)14(16)18;1-6(11-2)7(3-8,4-9)5-10/h9-10H,3-8H2,1-2H3,(H2,15,17)(H2,16,18);6,8-10H,3-5H2,1-2H3. The van der Waals surface area contributed by atoms with Gasteiger partial charge in [0.15, 0.2) is 0 Å². The maximum absolute atomic E-state index is 10.7. The second-order valence-electron chi connectivity index (χ2n) is 7.21. The summed E-state index contributed by atoms with van der Waals surface area (Å²) < 4.78 is 4.91. The summed E-state index contributed by atoms with van der Waals surface area (Å²) in [5.41, 5.74) is 10.6. The van der Waals surface area contributed by atoms with E-state index in [1.54, 1.807) is 20.8 Å². The number of rotatable bonds is 14. The summed E-state index contributed by atoms with van der Waals surface area (Å²) >= 11 is 0.